The monoisotopic (exact) mass is 555 g/mol. The quantitative estimate of drug-likeness (QED) is 0.245. The highest BCUT2D eigenvalue weighted by Gasteiger charge is 2.23. The Labute approximate surface area is 217 Å². The van der Waals surface area contributed by atoms with Crippen LogP contribution in [0.1, 0.15) is 0 Å². The second-order valence-electron chi connectivity index (χ2n) is 7.77. The maximum Gasteiger partial charge on any atom is 0.295 e. The molecule has 0 aliphatic rings. The Hall–Kier alpha value is -4.06. The number of ether oxygens (including phenoxy) is 1. The van der Waals surface area contributed by atoms with E-state index in [1.54, 1.807) is 42.6 Å². The predicted molar refractivity (Wildman–Crippen MR) is 140 cm³/mol. The molecular formula is C25H18ClN3O6S2. The van der Waals surface area contributed by atoms with Crippen LogP contribution < -0.4 is 14.2 Å². The van der Waals surface area contributed by atoms with Crippen molar-refractivity contribution in [3.63, 3.8) is 0 Å². The third kappa shape index (κ3) is 5.53. The van der Waals surface area contributed by atoms with Crippen LogP contribution in [-0.4, -0.2) is 21.8 Å². The third-order valence-corrected chi connectivity index (χ3v) is 7.98. The van der Waals surface area contributed by atoms with E-state index in [-0.39, 0.29) is 26.4 Å². The molecular weight excluding hydrogens is 538 g/mol. The fourth-order valence-electron chi connectivity index (χ4n) is 3.41. The van der Waals surface area contributed by atoms with Gasteiger partial charge in [-0.3, -0.25) is 14.4 Å². The average molecular weight is 556 g/mol. The average Bonchev–Trinajstić information content (AvgIpc) is 3.32. The van der Waals surface area contributed by atoms with Crippen LogP contribution in [0.5, 0.6) is 11.5 Å². The van der Waals surface area contributed by atoms with Crippen molar-refractivity contribution in [2.75, 3.05) is 9.44 Å². The number of pyridine rings is 1. The second kappa shape index (κ2) is 9.77. The second-order valence-corrected chi connectivity index (χ2v) is 11.5. The van der Waals surface area contributed by atoms with Gasteiger partial charge in [0.05, 0.1) is 22.5 Å². The van der Waals surface area contributed by atoms with Gasteiger partial charge in [-0.05, 0) is 60.7 Å². The molecule has 0 unspecified atom stereocenters. The number of furan rings is 1. The molecule has 3 aromatic carbocycles. The Bertz CT molecular complexity index is 1760. The van der Waals surface area contributed by atoms with E-state index in [9.17, 15) is 16.8 Å². The summed E-state index contributed by atoms with van der Waals surface area (Å²) in [5.74, 6) is 0.913. The summed E-state index contributed by atoms with van der Waals surface area (Å²) in [5.41, 5.74) is 0.290. The first-order valence-corrected chi connectivity index (χ1v) is 14.1. The van der Waals surface area contributed by atoms with Crippen LogP contribution in [0.25, 0.3) is 11.0 Å². The predicted octanol–water partition coefficient (Wildman–Crippen LogP) is 5.88. The lowest BCUT2D eigenvalue weighted by Gasteiger charge is -2.14. The standard InChI is InChI=1S/C25H18ClN3O6S2/c26-18-7-12-22(23(15-18)29-37(32,33)25-14-17-4-1-2-6-24(17)35-25)28-36(30,31)21-10-8-19(9-11-21)34-20-5-3-13-27-16-20/h1-16,28-29H. The fraction of sp³-hybridized carbons (Fsp3) is 0. The van der Waals surface area contributed by atoms with Crippen LogP contribution in [0.15, 0.2) is 112 Å². The van der Waals surface area contributed by atoms with E-state index in [1.807, 2.05) is 0 Å². The summed E-state index contributed by atoms with van der Waals surface area (Å²) >= 11 is 6.07. The van der Waals surface area contributed by atoms with Gasteiger partial charge in [-0.2, -0.15) is 8.42 Å². The SMILES string of the molecule is O=S(=O)(Nc1ccc(Cl)cc1NS(=O)(=O)c1cc2ccccc2o1)c1ccc(Oc2cccnc2)cc1. The molecule has 0 amide bonds. The van der Waals surface area contributed by atoms with Gasteiger partial charge in [-0.15, -0.1) is 0 Å². The van der Waals surface area contributed by atoms with Crippen LogP contribution in [0.4, 0.5) is 11.4 Å². The largest absolute Gasteiger partial charge is 0.456 e. The lowest BCUT2D eigenvalue weighted by Crippen LogP contribution is -2.17. The number of fused-ring (bicyclic) bond motifs is 1. The van der Waals surface area contributed by atoms with Crippen LogP contribution in [0.3, 0.4) is 0 Å². The molecule has 0 saturated carbocycles. The van der Waals surface area contributed by atoms with Crippen molar-refractivity contribution in [1.29, 1.82) is 0 Å². The minimum absolute atomic E-state index is 0.0280. The minimum Gasteiger partial charge on any atom is -0.456 e. The van der Waals surface area contributed by atoms with Gasteiger partial charge < -0.3 is 9.15 Å². The van der Waals surface area contributed by atoms with Crippen molar-refractivity contribution < 1.29 is 26.0 Å². The molecule has 37 heavy (non-hydrogen) atoms. The molecule has 0 bridgehead atoms. The number of hydrogen-bond donors (Lipinski definition) is 2. The highest BCUT2D eigenvalue weighted by molar-refractivity contribution is 7.93. The van der Waals surface area contributed by atoms with Crippen LogP contribution in [0.2, 0.25) is 5.02 Å². The molecule has 2 aromatic heterocycles. The van der Waals surface area contributed by atoms with Gasteiger partial charge in [-0.1, -0.05) is 29.8 Å². The number of halogens is 1. The third-order valence-electron chi connectivity index (χ3n) is 5.14. The molecule has 0 spiro atoms. The molecule has 5 aromatic rings. The first-order valence-electron chi connectivity index (χ1n) is 10.7. The van der Waals surface area contributed by atoms with Crippen LogP contribution >= 0.6 is 11.6 Å². The van der Waals surface area contributed by atoms with Crippen molar-refractivity contribution >= 4 is 54.0 Å². The van der Waals surface area contributed by atoms with Gasteiger partial charge in [0.15, 0.2) is 0 Å². The zero-order valence-corrected chi connectivity index (χ0v) is 21.2. The summed E-state index contributed by atoms with van der Waals surface area (Å²) in [4.78, 5) is 3.90. The number of benzene rings is 3. The summed E-state index contributed by atoms with van der Waals surface area (Å²) in [6.45, 7) is 0. The van der Waals surface area contributed by atoms with E-state index in [0.29, 0.717) is 22.5 Å². The molecule has 0 aliphatic carbocycles. The van der Waals surface area contributed by atoms with Gasteiger partial charge in [0.1, 0.15) is 17.1 Å². The van der Waals surface area contributed by atoms with Gasteiger partial charge in [0.2, 0.25) is 5.09 Å². The first-order chi connectivity index (χ1) is 17.7. The fourth-order valence-corrected chi connectivity index (χ4v) is 5.70. The molecule has 12 heteroatoms. The maximum atomic E-state index is 13.1. The number of nitrogens with one attached hydrogen (secondary N) is 2. The number of anilines is 2. The van der Waals surface area contributed by atoms with Crippen LogP contribution in [-0.2, 0) is 20.0 Å². The lowest BCUT2D eigenvalue weighted by molar-refractivity contribution is 0.480. The van der Waals surface area contributed by atoms with Crippen LogP contribution in [0, 0.1) is 0 Å². The van der Waals surface area contributed by atoms with E-state index in [1.165, 1.54) is 54.7 Å². The number of para-hydroxylation sites is 1. The van der Waals surface area contributed by atoms with E-state index >= 15 is 0 Å². The summed E-state index contributed by atoms with van der Waals surface area (Å²) in [5, 5.41) is 0.472. The molecule has 0 radical (unpaired) electrons. The molecule has 9 nitrogen and oxygen atoms in total. The lowest BCUT2D eigenvalue weighted by atomic mass is 10.3. The number of sulfonamides is 2. The van der Waals surface area contributed by atoms with E-state index in [0.717, 1.165) is 0 Å². The van der Waals surface area contributed by atoms with Gasteiger partial charge in [0.25, 0.3) is 20.0 Å². The maximum absolute atomic E-state index is 13.1. The van der Waals surface area contributed by atoms with E-state index < -0.39 is 20.0 Å². The van der Waals surface area contributed by atoms with E-state index in [4.69, 9.17) is 20.8 Å². The highest BCUT2D eigenvalue weighted by Crippen LogP contribution is 2.32. The Kier molecular flexibility index (Phi) is 6.50. The highest BCUT2D eigenvalue weighted by atomic mass is 35.5. The molecule has 0 atom stereocenters. The first kappa shape index (κ1) is 24.6. The molecule has 0 aliphatic heterocycles. The molecule has 0 saturated heterocycles. The molecule has 5 rings (SSSR count). The number of hydrogen-bond acceptors (Lipinski definition) is 7. The van der Waals surface area contributed by atoms with Gasteiger partial charge in [-0.25, -0.2) is 8.42 Å². The van der Waals surface area contributed by atoms with Crippen molar-refractivity contribution in [3.8, 4) is 11.5 Å². The summed E-state index contributed by atoms with van der Waals surface area (Å²) in [6, 6.07) is 21.4. The summed E-state index contributed by atoms with van der Waals surface area (Å²) in [6.07, 6.45) is 3.14. The summed E-state index contributed by atoms with van der Waals surface area (Å²) < 4.78 is 68.0. The Balaban J connectivity index is 1.39. The van der Waals surface area contributed by atoms with Crippen molar-refractivity contribution in [1.82, 2.24) is 4.98 Å². The number of rotatable bonds is 8. The van der Waals surface area contributed by atoms with Crippen molar-refractivity contribution in [2.45, 2.75) is 9.99 Å². The molecule has 0 fully saturated rings. The molecule has 188 valence electrons. The zero-order valence-electron chi connectivity index (χ0n) is 18.8. The smallest absolute Gasteiger partial charge is 0.295 e. The van der Waals surface area contributed by atoms with Gasteiger partial charge >= 0.3 is 0 Å². The van der Waals surface area contributed by atoms with Crippen molar-refractivity contribution in [2.24, 2.45) is 0 Å². The Morgan fingerprint density at radius 1 is 0.757 bits per heavy atom. The topological polar surface area (TPSA) is 128 Å². The Morgan fingerprint density at radius 2 is 1.51 bits per heavy atom. The zero-order chi connectivity index (χ0) is 26.0. The normalized spacial score (nSPS) is 11.8. The minimum atomic E-state index is -4.20. The van der Waals surface area contributed by atoms with Gasteiger partial charge in [0, 0.05) is 22.7 Å². The molecule has 2 heterocycles. The number of aromatic nitrogens is 1. The van der Waals surface area contributed by atoms with Crippen molar-refractivity contribution in [3.05, 3.63) is 102 Å². The Morgan fingerprint density at radius 3 is 2.24 bits per heavy atom. The van der Waals surface area contributed by atoms with E-state index in [2.05, 4.69) is 14.4 Å². The summed E-state index contributed by atoms with van der Waals surface area (Å²) in [7, 11) is -8.30. The molecule has 2 N–H and O–H groups in total. The number of nitrogens with zero attached hydrogens (tertiary/aromatic N) is 1.